The second kappa shape index (κ2) is 9.68. The highest BCUT2D eigenvalue weighted by Crippen LogP contribution is 2.32. The smallest absolute Gasteiger partial charge is 0.275 e. The molecule has 1 saturated heterocycles. The van der Waals surface area contributed by atoms with E-state index < -0.39 is 0 Å². The van der Waals surface area contributed by atoms with Gasteiger partial charge in [-0.2, -0.15) is 0 Å². The maximum Gasteiger partial charge on any atom is 0.275 e. The Morgan fingerprint density at radius 2 is 2.03 bits per heavy atom. The Balaban J connectivity index is 1.60. The molecular formula is C24H33N3OS. The van der Waals surface area contributed by atoms with Crippen LogP contribution in [-0.4, -0.2) is 35.4 Å². The molecule has 3 rings (SSSR count). The third kappa shape index (κ3) is 5.77. The van der Waals surface area contributed by atoms with Gasteiger partial charge in [0.15, 0.2) is 0 Å². The topological polar surface area (TPSA) is 45.2 Å². The quantitative estimate of drug-likeness (QED) is 0.460. The normalized spacial score (nSPS) is 16.0. The minimum atomic E-state index is -0.119. The van der Waals surface area contributed by atoms with Gasteiger partial charge in [-0.15, -0.1) is 17.9 Å². The third-order valence-corrected chi connectivity index (χ3v) is 6.56. The third-order valence-electron chi connectivity index (χ3n) is 5.56. The molecule has 1 aliphatic rings. The first-order chi connectivity index (χ1) is 13.9. The largest absolute Gasteiger partial charge is 0.320 e. The molecule has 1 aliphatic heterocycles. The molecule has 29 heavy (non-hydrogen) atoms. The van der Waals surface area contributed by atoms with Crippen LogP contribution in [0.15, 0.2) is 42.3 Å². The Kier molecular flexibility index (Phi) is 7.25. The second-order valence-corrected chi connectivity index (χ2v) is 9.76. The van der Waals surface area contributed by atoms with E-state index in [0.717, 1.165) is 55.2 Å². The first kappa shape index (κ1) is 21.7. The number of hydrogen-bond donors (Lipinski definition) is 1. The van der Waals surface area contributed by atoms with Gasteiger partial charge in [0.2, 0.25) is 0 Å². The number of carbonyl (C=O) groups is 1. The molecule has 4 nitrogen and oxygen atoms in total. The summed E-state index contributed by atoms with van der Waals surface area (Å²) in [6, 6.07) is 8.01. The van der Waals surface area contributed by atoms with Crippen LogP contribution in [0.3, 0.4) is 0 Å². The molecule has 5 heteroatoms. The van der Waals surface area contributed by atoms with Crippen LogP contribution in [-0.2, 0) is 5.41 Å². The molecule has 2 aromatic rings. The molecule has 156 valence electrons. The number of carbonyl (C=O) groups excluding carboxylic acids is 1. The van der Waals surface area contributed by atoms with E-state index in [1.165, 1.54) is 6.42 Å². The van der Waals surface area contributed by atoms with Gasteiger partial charge in [0, 0.05) is 17.0 Å². The number of anilines is 1. The van der Waals surface area contributed by atoms with Crippen molar-refractivity contribution in [1.82, 2.24) is 9.88 Å². The molecule has 2 heterocycles. The summed E-state index contributed by atoms with van der Waals surface area (Å²) < 4.78 is 0. The zero-order valence-corrected chi connectivity index (χ0v) is 18.7. The van der Waals surface area contributed by atoms with E-state index in [0.29, 0.717) is 11.6 Å². The van der Waals surface area contributed by atoms with Crippen molar-refractivity contribution in [2.24, 2.45) is 0 Å². The summed E-state index contributed by atoms with van der Waals surface area (Å²) >= 11 is 1.62. The highest BCUT2D eigenvalue weighted by Gasteiger charge is 2.24. The average molecular weight is 412 g/mol. The molecule has 0 atom stereocenters. The minimum absolute atomic E-state index is 0.0310. The fourth-order valence-corrected chi connectivity index (χ4v) is 4.85. The highest BCUT2D eigenvalue weighted by atomic mass is 32.1. The van der Waals surface area contributed by atoms with Crippen molar-refractivity contribution >= 4 is 22.9 Å². The molecule has 0 unspecified atom stereocenters. The number of nitrogens with zero attached hydrogens (tertiary/aromatic N) is 2. The molecule has 1 aromatic carbocycles. The van der Waals surface area contributed by atoms with Crippen LogP contribution in [0.5, 0.6) is 0 Å². The van der Waals surface area contributed by atoms with Crippen molar-refractivity contribution in [3.63, 3.8) is 0 Å². The predicted octanol–water partition coefficient (Wildman–Crippen LogP) is 5.84. The number of piperidine rings is 1. The Bertz CT molecular complexity index is 829. The first-order valence-corrected chi connectivity index (χ1v) is 11.5. The molecule has 0 radical (unpaired) electrons. The van der Waals surface area contributed by atoms with Crippen molar-refractivity contribution in [2.45, 2.75) is 57.8 Å². The van der Waals surface area contributed by atoms with Gasteiger partial charge in [0.25, 0.3) is 5.91 Å². The van der Waals surface area contributed by atoms with Gasteiger partial charge >= 0.3 is 0 Å². The van der Waals surface area contributed by atoms with Crippen LogP contribution in [0.2, 0.25) is 0 Å². The summed E-state index contributed by atoms with van der Waals surface area (Å²) in [7, 11) is 0. The summed E-state index contributed by atoms with van der Waals surface area (Å²) in [6.07, 6.45) is 6.51. The Morgan fingerprint density at radius 3 is 2.72 bits per heavy atom. The van der Waals surface area contributed by atoms with Crippen LogP contribution in [0, 0.1) is 0 Å². The fraction of sp³-hybridized carbons (Fsp3) is 0.500. The lowest BCUT2D eigenvalue weighted by Crippen LogP contribution is -2.33. The maximum absolute atomic E-state index is 12.8. The van der Waals surface area contributed by atoms with E-state index >= 15 is 0 Å². The van der Waals surface area contributed by atoms with Gasteiger partial charge in [-0.25, -0.2) is 4.98 Å². The number of hydrogen-bond acceptors (Lipinski definition) is 4. The van der Waals surface area contributed by atoms with Crippen LogP contribution in [0.1, 0.15) is 73.4 Å². The van der Waals surface area contributed by atoms with Crippen LogP contribution >= 0.6 is 11.3 Å². The van der Waals surface area contributed by atoms with Gasteiger partial charge in [0.1, 0.15) is 5.69 Å². The maximum atomic E-state index is 12.8. The number of likely N-dealkylation sites (tertiary alicyclic amines) is 1. The van der Waals surface area contributed by atoms with Crippen molar-refractivity contribution in [1.29, 1.82) is 0 Å². The average Bonchev–Trinajstić information content (AvgIpc) is 3.19. The fourth-order valence-electron chi connectivity index (χ4n) is 3.87. The predicted molar refractivity (Wildman–Crippen MR) is 123 cm³/mol. The molecule has 0 spiro atoms. The molecule has 0 bridgehead atoms. The van der Waals surface area contributed by atoms with Crippen LogP contribution in [0.4, 0.5) is 5.69 Å². The van der Waals surface area contributed by atoms with Gasteiger partial charge in [-0.1, -0.05) is 45.0 Å². The molecule has 0 saturated carbocycles. The summed E-state index contributed by atoms with van der Waals surface area (Å²) in [4.78, 5) is 20.0. The van der Waals surface area contributed by atoms with Gasteiger partial charge in [-0.3, -0.25) is 4.79 Å². The molecular weight excluding hydrogens is 378 g/mol. The van der Waals surface area contributed by atoms with Crippen molar-refractivity contribution < 1.29 is 4.79 Å². The van der Waals surface area contributed by atoms with E-state index in [9.17, 15) is 4.79 Å². The Labute approximate surface area is 179 Å². The lowest BCUT2D eigenvalue weighted by atomic mass is 9.86. The van der Waals surface area contributed by atoms with E-state index in [2.05, 4.69) is 43.6 Å². The molecule has 1 amide bonds. The van der Waals surface area contributed by atoms with Crippen molar-refractivity contribution in [3.05, 3.63) is 58.6 Å². The number of para-hydroxylation sites is 1. The Hall–Kier alpha value is -1.98. The van der Waals surface area contributed by atoms with Gasteiger partial charge < -0.3 is 10.2 Å². The highest BCUT2D eigenvalue weighted by molar-refractivity contribution is 7.10. The zero-order chi connectivity index (χ0) is 20.9. The number of aromatic nitrogens is 1. The number of nitrogens with one attached hydrogen (secondary N) is 1. The number of amides is 1. The minimum Gasteiger partial charge on any atom is -0.320 e. The van der Waals surface area contributed by atoms with Gasteiger partial charge in [0.05, 0.1) is 5.01 Å². The van der Waals surface area contributed by atoms with Crippen molar-refractivity contribution in [3.8, 4) is 0 Å². The number of unbranched alkanes of at least 4 members (excludes halogenated alkanes) is 1. The lowest BCUT2D eigenvalue weighted by Gasteiger charge is -2.30. The first-order valence-electron chi connectivity index (χ1n) is 10.6. The van der Waals surface area contributed by atoms with E-state index in [4.69, 9.17) is 4.98 Å². The number of thiazole rings is 1. The second-order valence-electron chi connectivity index (χ2n) is 8.87. The number of rotatable bonds is 7. The van der Waals surface area contributed by atoms with Gasteiger partial charge in [-0.05, 0) is 62.4 Å². The molecule has 1 aromatic heterocycles. The van der Waals surface area contributed by atoms with E-state index in [1.807, 2.05) is 29.7 Å². The molecule has 0 aliphatic carbocycles. The summed E-state index contributed by atoms with van der Waals surface area (Å²) in [5.74, 6) is 0.352. The Morgan fingerprint density at radius 1 is 1.31 bits per heavy atom. The monoisotopic (exact) mass is 411 g/mol. The summed E-state index contributed by atoms with van der Waals surface area (Å²) in [6.45, 7) is 13.6. The van der Waals surface area contributed by atoms with E-state index in [1.54, 1.807) is 11.3 Å². The summed E-state index contributed by atoms with van der Waals surface area (Å²) in [5, 5.41) is 6.08. The SMILES string of the molecule is C=CCCCN1CCC(c2nc(C(=O)Nc3ccccc3C(C)(C)C)cs2)CC1. The molecule has 1 fully saturated rings. The standard InChI is InChI=1S/C24H33N3OS/c1-5-6-9-14-27-15-12-18(13-16-27)23-26-21(17-29-23)22(28)25-20-11-8-7-10-19(20)24(2,3)4/h5,7-8,10-11,17-18H,1,6,9,12-16H2,2-4H3,(H,25,28). The number of allylic oxidation sites excluding steroid dienone is 1. The van der Waals surface area contributed by atoms with E-state index in [-0.39, 0.29) is 11.3 Å². The van der Waals surface area contributed by atoms with Crippen molar-refractivity contribution in [2.75, 3.05) is 25.0 Å². The van der Waals surface area contributed by atoms with Crippen LogP contribution in [0.25, 0.3) is 0 Å². The number of benzene rings is 1. The molecule has 1 N–H and O–H groups in total. The summed E-state index contributed by atoms with van der Waals surface area (Å²) in [5.41, 5.74) is 2.50. The zero-order valence-electron chi connectivity index (χ0n) is 17.9. The van der Waals surface area contributed by atoms with Crippen LogP contribution < -0.4 is 5.32 Å². The lowest BCUT2D eigenvalue weighted by molar-refractivity contribution is 0.102.